The van der Waals surface area contributed by atoms with Crippen LogP contribution in [-0.2, 0) is 13.0 Å². The van der Waals surface area contributed by atoms with Crippen LogP contribution in [0.25, 0.3) is 0 Å². The van der Waals surface area contributed by atoms with Gasteiger partial charge in [0.2, 0.25) is 0 Å². The number of ether oxygens (including phenoxy) is 1. The van der Waals surface area contributed by atoms with Crippen molar-refractivity contribution in [3.8, 4) is 5.75 Å². The van der Waals surface area contributed by atoms with E-state index >= 15 is 0 Å². The summed E-state index contributed by atoms with van der Waals surface area (Å²) in [6.07, 6.45) is 0.815. The van der Waals surface area contributed by atoms with E-state index in [9.17, 15) is 0 Å². The summed E-state index contributed by atoms with van der Waals surface area (Å²) < 4.78 is 8.00. The van der Waals surface area contributed by atoms with Gasteiger partial charge in [0.05, 0.1) is 0 Å². The SMILES string of the molecule is NCCc1cc(Br)ccc1OCc1ccc(Br)cc1. The van der Waals surface area contributed by atoms with Crippen molar-refractivity contribution in [1.29, 1.82) is 0 Å². The van der Waals surface area contributed by atoms with Gasteiger partial charge in [-0.1, -0.05) is 44.0 Å². The molecule has 0 aliphatic heterocycles. The second-order valence-corrected chi connectivity index (χ2v) is 6.04. The summed E-state index contributed by atoms with van der Waals surface area (Å²) >= 11 is 6.89. The molecule has 0 aromatic heterocycles. The van der Waals surface area contributed by atoms with E-state index in [-0.39, 0.29) is 0 Å². The zero-order valence-corrected chi connectivity index (χ0v) is 13.6. The Hall–Kier alpha value is -0.840. The number of hydrogen-bond donors (Lipinski definition) is 1. The monoisotopic (exact) mass is 383 g/mol. The fourth-order valence-corrected chi connectivity index (χ4v) is 2.45. The first-order chi connectivity index (χ1) is 9.19. The van der Waals surface area contributed by atoms with Gasteiger partial charge in [-0.05, 0) is 54.4 Å². The first-order valence-corrected chi connectivity index (χ1v) is 7.63. The zero-order chi connectivity index (χ0) is 13.7. The van der Waals surface area contributed by atoms with Crippen molar-refractivity contribution in [2.24, 2.45) is 5.73 Å². The van der Waals surface area contributed by atoms with Crippen LogP contribution < -0.4 is 10.5 Å². The van der Waals surface area contributed by atoms with Crippen LogP contribution in [0.15, 0.2) is 51.4 Å². The highest BCUT2D eigenvalue weighted by Crippen LogP contribution is 2.24. The Morgan fingerprint density at radius 2 is 1.63 bits per heavy atom. The topological polar surface area (TPSA) is 35.2 Å². The van der Waals surface area contributed by atoms with Gasteiger partial charge in [-0.3, -0.25) is 0 Å². The summed E-state index contributed by atoms with van der Waals surface area (Å²) in [7, 11) is 0. The van der Waals surface area contributed by atoms with Crippen LogP contribution in [0.1, 0.15) is 11.1 Å². The van der Waals surface area contributed by atoms with Gasteiger partial charge in [-0.15, -0.1) is 0 Å². The molecular weight excluding hydrogens is 370 g/mol. The van der Waals surface area contributed by atoms with E-state index in [0.717, 1.165) is 32.2 Å². The summed E-state index contributed by atoms with van der Waals surface area (Å²) in [5.41, 5.74) is 7.90. The van der Waals surface area contributed by atoms with Crippen LogP contribution in [0.2, 0.25) is 0 Å². The number of halogens is 2. The van der Waals surface area contributed by atoms with Gasteiger partial charge in [0.25, 0.3) is 0 Å². The third kappa shape index (κ3) is 4.34. The van der Waals surface area contributed by atoms with Crippen LogP contribution in [0.4, 0.5) is 0 Å². The molecule has 2 N–H and O–H groups in total. The average Bonchev–Trinajstić information content (AvgIpc) is 2.40. The maximum absolute atomic E-state index is 5.88. The highest BCUT2D eigenvalue weighted by atomic mass is 79.9. The van der Waals surface area contributed by atoms with Crippen molar-refractivity contribution in [3.05, 3.63) is 62.5 Å². The zero-order valence-electron chi connectivity index (χ0n) is 10.4. The smallest absolute Gasteiger partial charge is 0.123 e. The van der Waals surface area contributed by atoms with E-state index in [4.69, 9.17) is 10.5 Å². The van der Waals surface area contributed by atoms with Gasteiger partial charge in [0, 0.05) is 8.95 Å². The molecule has 0 aliphatic carbocycles. The molecule has 0 bridgehead atoms. The van der Waals surface area contributed by atoms with Gasteiger partial charge in [0.1, 0.15) is 12.4 Å². The maximum Gasteiger partial charge on any atom is 0.123 e. The molecule has 2 aromatic rings. The fraction of sp³-hybridized carbons (Fsp3) is 0.200. The molecule has 2 aromatic carbocycles. The van der Waals surface area contributed by atoms with E-state index in [2.05, 4.69) is 37.9 Å². The molecule has 0 heterocycles. The molecule has 0 aliphatic rings. The summed E-state index contributed by atoms with van der Waals surface area (Å²) in [5, 5.41) is 0. The Bertz CT molecular complexity index is 540. The Morgan fingerprint density at radius 3 is 2.32 bits per heavy atom. The lowest BCUT2D eigenvalue weighted by Crippen LogP contribution is -2.05. The summed E-state index contributed by atoms with van der Waals surface area (Å²) in [5.74, 6) is 0.900. The third-order valence-electron chi connectivity index (χ3n) is 2.74. The minimum absolute atomic E-state index is 0.562. The molecule has 2 nitrogen and oxygen atoms in total. The molecule has 0 fully saturated rings. The van der Waals surface area contributed by atoms with E-state index in [0.29, 0.717) is 13.2 Å². The molecule has 0 radical (unpaired) electrons. The Morgan fingerprint density at radius 1 is 0.947 bits per heavy atom. The lowest BCUT2D eigenvalue weighted by molar-refractivity contribution is 0.303. The van der Waals surface area contributed by atoms with Crippen molar-refractivity contribution in [1.82, 2.24) is 0 Å². The van der Waals surface area contributed by atoms with Gasteiger partial charge in [0.15, 0.2) is 0 Å². The van der Waals surface area contributed by atoms with Crippen molar-refractivity contribution in [2.45, 2.75) is 13.0 Å². The molecule has 0 saturated carbocycles. The van der Waals surface area contributed by atoms with Gasteiger partial charge < -0.3 is 10.5 Å². The highest BCUT2D eigenvalue weighted by molar-refractivity contribution is 9.10. The molecule has 0 saturated heterocycles. The van der Waals surface area contributed by atoms with Crippen molar-refractivity contribution in [3.63, 3.8) is 0 Å². The standard InChI is InChI=1S/C15H15Br2NO/c16-13-3-1-11(2-4-13)10-19-15-6-5-14(17)9-12(15)7-8-18/h1-6,9H,7-8,10,18H2. The highest BCUT2D eigenvalue weighted by Gasteiger charge is 2.04. The lowest BCUT2D eigenvalue weighted by atomic mass is 10.1. The Kier molecular flexibility index (Phi) is 5.43. The molecule has 4 heteroatoms. The Labute approximate surface area is 130 Å². The lowest BCUT2D eigenvalue weighted by Gasteiger charge is -2.11. The molecule has 100 valence electrons. The molecule has 0 spiro atoms. The second kappa shape index (κ2) is 7.08. The molecule has 19 heavy (non-hydrogen) atoms. The van der Waals surface area contributed by atoms with Crippen LogP contribution in [0, 0.1) is 0 Å². The van der Waals surface area contributed by atoms with Gasteiger partial charge in [-0.2, -0.15) is 0 Å². The predicted molar refractivity (Wildman–Crippen MR) is 85.4 cm³/mol. The van der Waals surface area contributed by atoms with Crippen LogP contribution >= 0.6 is 31.9 Å². The Balaban J connectivity index is 2.08. The number of hydrogen-bond acceptors (Lipinski definition) is 2. The number of nitrogens with two attached hydrogens (primary N) is 1. The molecular formula is C15H15Br2NO. The molecule has 0 amide bonds. The van der Waals surface area contributed by atoms with Gasteiger partial charge in [-0.25, -0.2) is 0 Å². The average molecular weight is 385 g/mol. The van der Waals surface area contributed by atoms with Gasteiger partial charge >= 0.3 is 0 Å². The summed E-state index contributed by atoms with van der Waals surface area (Å²) in [4.78, 5) is 0. The first-order valence-electron chi connectivity index (χ1n) is 6.05. The number of benzene rings is 2. The fourth-order valence-electron chi connectivity index (χ4n) is 1.78. The van der Waals surface area contributed by atoms with Crippen molar-refractivity contribution in [2.75, 3.05) is 6.54 Å². The molecule has 0 atom stereocenters. The summed E-state index contributed by atoms with van der Waals surface area (Å²) in [6, 6.07) is 14.1. The van der Waals surface area contributed by atoms with Crippen LogP contribution in [0.3, 0.4) is 0 Å². The first kappa shape index (κ1) is 14.6. The molecule has 2 rings (SSSR count). The molecule has 0 unspecified atom stereocenters. The van der Waals surface area contributed by atoms with Crippen molar-refractivity contribution < 1.29 is 4.74 Å². The number of rotatable bonds is 5. The van der Waals surface area contributed by atoms with E-state index in [1.54, 1.807) is 0 Å². The minimum Gasteiger partial charge on any atom is -0.489 e. The van der Waals surface area contributed by atoms with Crippen molar-refractivity contribution >= 4 is 31.9 Å². The summed E-state index contributed by atoms with van der Waals surface area (Å²) in [6.45, 7) is 1.18. The quantitative estimate of drug-likeness (QED) is 0.834. The van der Waals surface area contributed by atoms with Crippen LogP contribution in [0.5, 0.6) is 5.75 Å². The largest absolute Gasteiger partial charge is 0.489 e. The third-order valence-corrected chi connectivity index (χ3v) is 3.77. The normalized spacial score (nSPS) is 10.5. The van der Waals surface area contributed by atoms with E-state index in [1.165, 1.54) is 0 Å². The maximum atomic E-state index is 5.88. The van der Waals surface area contributed by atoms with E-state index < -0.39 is 0 Å². The predicted octanol–water partition coefficient (Wildman–Crippen LogP) is 4.29. The van der Waals surface area contributed by atoms with E-state index in [1.807, 2.05) is 36.4 Å². The minimum atomic E-state index is 0.562. The second-order valence-electron chi connectivity index (χ2n) is 4.21. The van der Waals surface area contributed by atoms with Crippen LogP contribution in [-0.4, -0.2) is 6.54 Å².